The van der Waals surface area contributed by atoms with Crippen LogP contribution in [0.5, 0.6) is 0 Å². The van der Waals surface area contributed by atoms with Crippen LogP contribution in [-0.2, 0) is 9.47 Å². The lowest BCUT2D eigenvalue weighted by atomic mass is 10.0. The summed E-state index contributed by atoms with van der Waals surface area (Å²) in [7, 11) is 3.48. The summed E-state index contributed by atoms with van der Waals surface area (Å²) in [5.41, 5.74) is 0. The summed E-state index contributed by atoms with van der Waals surface area (Å²) >= 11 is 0. The van der Waals surface area contributed by atoms with Gasteiger partial charge in [-0.1, -0.05) is 26.7 Å². The minimum Gasteiger partial charge on any atom is -0.382 e. The Morgan fingerprint density at radius 2 is 1.80 bits per heavy atom. The maximum absolute atomic E-state index is 5.40. The van der Waals surface area contributed by atoms with Crippen LogP contribution in [0.25, 0.3) is 0 Å². The van der Waals surface area contributed by atoms with Crippen LogP contribution in [0.3, 0.4) is 0 Å². The van der Waals surface area contributed by atoms with Gasteiger partial charge in [0.15, 0.2) is 5.96 Å². The van der Waals surface area contributed by atoms with Crippen LogP contribution in [0.1, 0.15) is 33.1 Å². The molecule has 0 amide bonds. The molecule has 122 valence electrons. The molecule has 0 aromatic heterocycles. The first-order chi connectivity index (χ1) is 9.28. The first kappa shape index (κ1) is 22.2. The van der Waals surface area contributed by atoms with Crippen molar-refractivity contribution in [3.63, 3.8) is 0 Å². The first-order valence-electron chi connectivity index (χ1n) is 7.29. The molecule has 0 spiro atoms. The van der Waals surface area contributed by atoms with E-state index in [2.05, 4.69) is 29.5 Å². The average Bonchev–Trinajstić information content (AvgIpc) is 2.45. The monoisotopic (exact) mass is 401 g/mol. The van der Waals surface area contributed by atoms with Gasteiger partial charge >= 0.3 is 0 Å². The van der Waals surface area contributed by atoms with Crippen LogP contribution in [0.4, 0.5) is 0 Å². The van der Waals surface area contributed by atoms with Gasteiger partial charge in [-0.15, -0.1) is 24.0 Å². The van der Waals surface area contributed by atoms with Crippen molar-refractivity contribution in [2.45, 2.75) is 33.1 Å². The third-order valence-electron chi connectivity index (χ3n) is 3.13. The highest BCUT2D eigenvalue weighted by molar-refractivity contribution is 14.0. The Morgan fingerprint density at radius 3 is 2.35 bits per heavy atom. The Balaban J connectivity index is 0. The quantitative estimate of drug-likeness (QED) is 0.241. The van der Waals surface area contributed by atoms with E-state index in [9.17, 15) is 0 Å². The van der Waals surface area contributed by atoms with Crippen molar-refractivity contribution in [3.8, 4) is 0 Å². The fraction of sp³-hybridized carbons (Fsp3) is 0.929. The van der Waals surface area contributed by atoms with Gasteiger partial charge in [0.1, 0.15) is 0 Å². The van der Waals surface area contributed by atoms with Crippen molar-refractivity contribution in [2.75, 3.05) is 47.1 Å². The third kappa shape index (κ3) is 12.9. The van der Waals surface area contributed by atoms with Gasteiger partial charge in [-0.2, -0.15) is 0 Å². The molecular formula is C14H32IN3O2. The number of aliphatic imine (C=N–C) groups is 1. The van der Waals surface area contributed by atoms with Gasteiger partial charge in [0.05, 0.1) is 13.2 Å². The van der Waals surface area contributed by atoms with Crippen molar-refractivity contribution >= 4 is 29.9 Å². The predicted molar refractivity (Wildman–Crippen MR) is 96.2 cm³/mol. The second kappa shape index (κ2) is 17.0. The number of guanidine groups is 1. The third-order valence-corrected chi connectivity index (χ3v) is 3.13. The molecule has 0 aromatic rings. The molecule has 0 aliphatic rings. The van der Waals surface area contributed by atoms with Crippen LogP contribution in [0, 0.1) is 5.92 Å². The number of hydrogen-bond donors (Lipinski definition) is 2. The Morgan fingerprint density at radius 1 is 1.10 bits per heavy atom. The summed E-state index contributed by atoms with van der Waals surface area (Å²) in [5.74, 6) is 1.60. The van der Waals surface area contributed by atoms with Gasteiger partial charge in [-0.05, 0) is 12.3 Å². The summed E-state index contributed by atoms with van der Waals surface area (Å²) in [6, 6.07) is 0. The maximum Gasteiger partial charge on any atom is 0.190 e. The molecule has 0 aliphatic heterocycles. The van der Waals surface area contributed by atoms with Crippen molar-refractivity contribution in [2.24, 2.45) is 10.9 Å². The zero-order chi connectivity index (χ0) is 14.3. The van der Waals surface area contributed by atoms with E-state index in [4.69, 9.17) is 9.47 Å². The molecule has 0 aromatic carbocycles. The lowest BCUT2D eigenvalue weighted by Gasteiger charge is -2.16. The minimum atomic E-state index is 0. The number of ether oxygens (including phenoxy) is 2. The van der Waals surface area contributed by atoms with E-state index in [0.717, 1.165) is 38.0 Å². The van der Waals surface area contributed by atoms with Crippen molar-refractivity contribution < 1.29 is 9.47 Å². The molecule has 20 heavy (non-hydrogen) atoms. The van der Waals surface area contributed by atoms with Crippen molar-refractivity contribution in [1.29, 1.82) is 0 Å². The van der Waals surface area contributed by atoms with Crippen LogP contribution >= 0.6 is 24.0 Å². The fourth-order valence-corrected chi connectivity index (χ4v) is 1.66. The highest BCUT2D eigenvalue weighted by Gasteiger charge is 2.04. The SMILES string of the molecule is CCC(CC)CNC(=NC)NCCCOCCOC.I. The van der Waals surface area contributed by atoms with Gasteiger partial charge in [0.25, 0.3) is 0 Å². The smallest absolute Gasteiger partial charge is 0.190 e. The average molecular weight is 401 g/mol. The van der Waals surface area contributed by atoms with Gasteiger partial charge in [-0.25, -0.2) is 0 Å². The van der Waals surface area contributed by atoms with E-state index in [1.165, 1.54) is 12.8 Å². The number of rotatable bonds is 11. The normalized spacial score (nSPS) is 11.3. The molecule has 0 saturated carbocycles. The van der Waals surface area contributed by atoms with Crippen molar-refractivity contribution in [3.05, 3.63) is 0 Å². The molecular weight excluding hydrogens is 369 g/mol. The second-order valence-corrected chi connectivity index (χ2v) is 4.52. The first-order valence-corrected chi connectivity index (χ1v) is 7.29. The van der Waals surface area contributed by atoms with Crippen LogP contribution in [0.15, 0.2) is 4.99 Å². The van der Waals surface area contributed by atoms with E-state index in [1.807, 2.05) is 0 Å². The summed E-state index contributed by atoms with van der Waals surface area (Å²) in [5, 5.41) is 6.65. The van der Waals surface area contributed by atoms with Crippen LogP contribution in [0.2, 0.25) is 0 Å². The topological polar surface area (TPSA) is 54.9 Å². The molecule has 0 bridgehead atoms. The van der Waals surface area contributed by atoms with Gasteiger partial charge in [-0.3, -0.25) is 4.99 Å². The summed E-state index contributed by atoms with van der Waals surface area (Å²) < 4.78 is 10.3. The van der Waals surface area contributed by atoms with Gasteiger partial charge in [0, 0.05) is 33.9 Å². The molecule has 0 saturated heterocycles. The van der Waals surface area contributed by atoms with Crippen LogP contribution < -0.4 is 10.6 Å². The molecule has 6 heteroatoms. The van der Waals surface area contributed by atoms with E-state index < -0.39 is 0 Å². The van der Waals surface area contributed by atoms with Gasteiger partial charge < -0.3 is 20.1 Å². The van der Waals surface area contributed by atoms with Crippen LogP contribution in [-0.4, -0.2) is 53.0 Å². The lowest BCUT2D eigenvalue weighted by Crippen LogP contribution is -2.40. The van der Waals surface area contributed by atoms with Crippen molar-refractivity contribution in [1.82, 2.24) is 10.6 Å². The van der Waals surface area contributed by atoms with E-state index in [1.54, 1.807) is 14.2 Å². The zero-order valence-electron chi connectivity index (χ0n) is 13.4. The molecule has 0 atom stereocenters. The number of methoxy groups -OCH3 is 1. The van der Waals surface area contributed by atoms with E-state index in [0.29, 0.717) is 13.2 Å². The molecule has 2 N–H and O–H groups in total. The zero-order valence-corrected chi connectivity index (χ0v) is 15.7. The Kier molecular flexibility index (Phi) is 18.8. The minimum absolute atomic E-state index is 0. The largest absolute Gasteiger partial charge is 0.382 e. The number of nitrogens with zero attached hydrogens (tertiary/aromatic N) is 1. The molecule has 0 aliphatic carbocycles. The summed E-state index contributed by atoms with van der Waals surface area (Å²) in [6.45, 7) is 8.38. The number of hydrogen-bond acceptors (Lipinski definition) is 3. The highest BCUT2D eigenvalue weighted by Crippen LogP contribution is 2.04. The molecule has 0 rings (SSSR count). The predicted octanol–water partition coefficient (Wildman–Crippen LogP) is 2.26. The standard InChI is InChI=1S/C14H31N3O2.HI/c1-5-13(6-2)12-17-14(15-3)16-8-7-9-19-11-10-18-4;/h13H,5-12H2,1-4H3,(H2,15,16,17);1H. The Hall–Kier alpha value is -0.0800. The highest BCUT2D eigenvalue weighted by atomic mass is 127. The maximum atomic E-state index is 5.40. The van der Waals surface area contributed by atoms with Gasteiger partial charge in [0.2, 0.25) is 0 Å². The van der Waals surface area contributed by atoms with E-state index in [-0.39, 0.29) is 24.0 Å². The molecule has 0 unspecified atom stereocenters. The second-order valence-electron chi connectivity index (χ2n) is 4.52. The fourth-order valence-electron chi connectivity index (χ4n) is 1.66. The van der Waals surface area contributed by atoms with E-state index >= 15 is 0 Å². The molecule has 0 fully saturated rings. The number of nitrogens with one attached hydrogen (secondary N) is 2. The Bertz CT molecular complexity index is 224. The molecule has 5 nitrogen and oxygen atoms in total. The lowest BCUT2D eigenvalue weighted by molar-refractivity contribution is 0.0698. The summed E-state index contributed by atoms with van der Waals surface area (Å²) in [6.07, 6.45) is 3.37. The Labute approximate surface area is 141 Å². The molecule has 0 heterocycles. The summed E-state index contributed by atoms with van der Waals surface area (Å²) in [4.78, 5) is 4.21. The number of halogens is 1. The molecule has 0 radical (unpaired) electrons.